The Labute approximate surface area is 190 Å². The summed E-state index contributed by atoms with van der Waals surface area (Å²) in [5.41, 5.74) is 6.14. The van der Waals surface area contributed by atoms with E-state index < -0.39 is 0 Å². The molecule has 0 saturated carbocycles. The molecule has 1 heteroatoms. The SMILES string of the molecule is C=CCCc1ccc(C#Cc2ccc3cc(-c4ccc(CCC)cc4)ccc3c2F)cc1. The van der Waals surface area contributed by atoms with Crippen molar-refractivity contribution in [1.82, 2.24) is 0 Å². The lowest BCUT2D eigenvalue weighted by Gasteiger charge is -2.07. The first kappa shape index (κ1) is 21.6. The molecule has 0 bridgehead atoms. The van der Waals surface area contributed by atoms with E-state index in [1.54, 1.807) is 6.07 Å². The summed E-state index contributed by atoms with van der Waals surface area (Å²) in [6.07, 6.45) is 6.08. The monoisotopic (exact) mass is 418 g/mol. The summed E-state index contributed by atoms with van der Waals surface area (Å²) >= 11 is 0. The van der Waals surface area contributed by atoms with Gasteiger partial charge < -0.3 is 0 Å². The molecule has 0 atom stereocenters. The maximum absolute atomic E-state index is 15.1. The van der Waals surface area contributed by atoms with Crippen LogP contribution in [0.25, 0.3) is 21.9 Å². The predicted molar refractivity (Wildman–Crippen MR) is 134 cm³/mol. The molecule has 4 aromatic carbocycles. The largest absolute Gasteiger partial charge is 0.205 e. The zero-order valence-corrected chi connectivity index (χ0v) is 18.5. The molecular weight excluding hydrogens is 391 g/mol. The second-order valence-electron chi connectivity index (χ2n) is 8.08. The van der Waals surface area contributed by atoms with E-state index in [1.807, 2.05) is 42.5 Å². The van der Waals surface area contributed by atoms with E-state index in [-0.39, 0.29) is 5.82 Å². The van der Waals surface area contributed by atoms with Crippen LogP contribution in [0.2, 0.25) is 0 Å². The molecule has 0 N–H and O–H groups in total. The van der Waals surface area contributed by atoms with E-state index in [9.17, 15) is 0 Å². The number of allylic oxidation sites excluding steroid dienone is 1. The van der Waals surface area contributed by atoms with Crippen LogP contribution in [0, 0.1) is 17.7 Å². The summed E-state index contributed by atoms with van der Waals surface area (Å²) in [7, 11) is 0. The van der Waals surface area contributed by atoms with Gasteiger partial charge in [-0.25, -0.2) is 4.39 Å². The molecule has 0 amide bonds. The normalized spacial score (nSPS) is 10.6. The summed E-state index contributed by atoms with van der Waals surface area (Å²) in [5.74, 6) is 5.84. The number of halogens is 1. The van der Waals surface area contributed by atoms with Crippen LogP contribution in [0.3, 0.4) is 0 Å². The van der Waals surface area contributed by atoms with Crippen LogP contribution < -0.4 is 0 Å². The van der Waals surface area contributed by atoms with Gasteiger partial charge in [-0.2, -0.15) is 0 Å². The van der Waals surface area contributed by atoms with Crippen molar-refractivity contribution < 1.29 is 4.39 Å². The highest BCUT2D eigenvalue weighted by Crippen LogP contribution is 2.27. The van der Waals surface area contributed by atoms with Gasteiger partial charge in [0.05, 0.1) is 5.56 Å². The topological polar surface area (TPSA) is 0 Å². The second-order valence-corrected chi connectivity index (χ2v) is 8.08. The summed E-state index contributed by atoms with van der Waals surface area (Å²) < 4.78 is 15.1. The minimum absolute atomic E-state index is 0.262. The smallest absolute Gasteiger partial charge is 0.146 e. The molecule has 0 aliphatic carbocycles. The zero-order valence-electron chi connectivity index (χ0n) is 18.5. The van der Waals surface area contributed by atoms with E-state index in [1.165, 1.54) is 11.1 Å². The third kappa shape index (κ3) is 4.98. The maximum Gasteiger partial charge on any atom is 0.146 e. The number of fused-ring (bicyclic) bond motifs is 1. The molecule has 0 aliphatic rings. The lowest BCUT2D eigenvalue weighted by atomic mass is 9.98. The van der Waals surface area contributed by atoms with E-state index in [0.29, 0.717) is 10.9 Å². The molecule has 0 aliphatic heterocycles. The summed E-state index contributed by atoms with van der Waals surface area (Å²) in [6.45, 7) is 5.94. The first-order valence-corrected chi connectivity index (χ1v) is 11.2. The highest BCUT2D eigenvalue weighted by molar-refractivity contribution is 5.89. The molecule has 0 radical (unpaired) electrons. The number of hydrogen-bond donors (Lipinski definition) is 0. The summed E-state index contributed by atoms with van der Waals surface area (Å²) in [5, 5.41) is 1.48. The molecular formula is C31H27F. The minimum atomic E-state index is -0.262. The minimum Gasteiger partial charge on any atom is -0.205 e. The van der Waals surface area contributed by atoms with Crippen molar-refractivity contribution in [3.63, 3.8) is 0 Å². The van der Waals surface area contributed by atoms with Crippen molar-refractivity contribution in [2.45, 2.75) is 32.6 Å². The van der Waals surface area contributed by atoms with Crippen molar-refractivity contribution >= 4 is 10.8 Å². The third-order valence-corrected chi connectivity index (χ3v) is 5.71. The Hall–Kier alpha value is -3.63. The van der Waals surface area contributed by atoms with Gasteiger partial charge in [0.15, 0.2) is 0 Å². The second kappa shape index (κ2) is 10.1. The van der Waals surface area contributed by atoms with E-state index >= 15 is 4.39 Å². The zero-order chi connectivity index (χ0) is 22.3. The Morgan fingerprint density at radius 2 is 1.47 bits per heavy atom. The van der Waals surface area contributed by atoms with Crippen LogP contribution in [0.5, 0.6) is 0 Å². The van der Waals surface area contributed by atoms with Crippen molar-refractivity contribution in [3.05, 3.63) is 120 Å². The Balaban J connectivity index is 1.57. The molecule has 4 rings (SSSR count). The summed E-state index contributed by atoms with van der Waals surface area (Å²) in [6, 6.07) is 26.4. The first-order valence-electron chi connectivity index (χ1n) is 11.2. The standard InChI is InChI=1S/C31H27F/c1-3-5-7-24-8-10-25(11-9-24)14-17-27-18-19-29-22-28(20-21-30(29)31(27)32)26-15-12-23(6-4-2)13-16-26/h3,8-13,15-16,18-22H,1,4-7H2,2H3. The van der Waals surface area contributed by atoms with Gasteiger partial charge in [-0.15, -0.1) is 6.58 Å². The van der Waals surface area contributed by atoms with Crippen molar-refractivity contribution in [3.8, 4) is 23.0 Å². The lowest BCUT2D eigenvalue weighted by molar-refractivity contribution is 0.636. The van der Waals surface area contributed by atoms with Crippen LogP contribution in [0.15, 0.2) is 91.5 Å². The molecule has 0 heterocycles. The van der Waals surface area contributed by atoms with Gasteiger partial charge in [0.25, 0.3) is 0 Å². The van der Waals surface area contributed by atoms with Crippen LogP contribution in [0.4, 0.5) is 4.39 Å². The van der Waals surface area contributed by atoms with Gasteiger partial charge in [-0.3, -0.25) is 0 Å². The molecule has 0 aromatic heterocycles. The Bertz CT molecular complexity index is 1280. The van der Waals surface area contributed by atoms with Crippen LogP contribution >= 0.6 is 0 Å². The van der Waals surface area contributed by atoms with Gasteiger partial charge >= 0.3 is 0 Å². The van der Waals surface area contributed by atoms with Gasteiger partial charge in [0.2, 0.25) is 0 Å². The number of rotatable bonds is 6. The Kier molecular flexibility index (Phi) is 6.83. The van der Waals surface area contributed by atoms with Crippen molar-refractivity contribution in [1.29, 1.82) is 0 Å². The van der Waals surface area contributed by atoms with E-state index in [4.69, 9.17) is 0 Å². The summed E-state index contributed by atoms with van der Waals surface area (Å²) in [4.78, 5) is 0. The molecule has 0 saturated heterocycles. The van der Waals surface area contributed by atoms with Crippen LogP contribution in [-0.4, -0.2) is 0 Å². The van der Waals surface area contributed by atoms with Gasteiger partial charge in [-0.1, -0.05) is 85.9 Å². The fourth-order valence-electron chi connectivity index (χ4n) is 3.88. The van der Waals surface area contributed by atoms with Gasteiger partial charge in [-0.05, 0) is 71.2 Å². The van der Waals surface area contributed by atoms with Gasteiger partial charge in [0.1, 0.15) is 5.82 Å². The Morgan fingerprint density at radius 1 is 0.781 bits per heavy atom. The molecule has 0 nitrogen and oxygen atoms in total. The molecule has 0 unspecified atom stereocenters. The first-order chi connectivity index (χ1) is 15.7. The average molecular weight is 419 g/mol. The van der Waals surface area contributed by atoms with Crippen molar-refractivity contribution in [2.24, 2.45) is 0 Å². The highest BCUT2D eigenvalue weighted by atomic mass is 19.1. The van der Waals surface area contributed by atoms with Crippen LogP contribution in [0.1, 0.15) is 42.0 Å². The van der Waals surface area contributed by atoms with E-state index in [2.05, 4.69) is 61.7 Å². The van der Waals surface area contributed by atoms with Gasteiger partial charge in [0, 0.05) is 10.9 Å². The van der Waals surface area contributed by atoms with Crippen LogP contribution in [-0.2, 0) is 12.8 Å². The molecule has 0 spiro atoms. The third-order valence-electron chi connectivity index (χ3n) is 5.71. The lowest BCUT2D eigenvalue weighted by Crippen LogP contribution is -1.88. The molecule has 158 valence electrons. The Morgan fingerprint density at radius 3 is 2.19 bits per heavy atom. The fourth-order valence-corrected chi connectivity index (χ4v) is 3.88. The van der Waals surface area contributed by atoms with Crippen molar-refractivity contribution in [2.75, 3.05) is 0 Å². The average Bonchev–Trinajstić information content (AvgIpc) is 2.83. The van der Waals surface area contributed by atoms with E-state index in [0.717, 1.165) is 47.8 Å². The molecule has 32 heavy (non-hydrogen) atoms. The highest BCUT2D eigenvalue weighted by Gasteiger charge is 2.07. The molecule has 0 fully saturated rings. The molecule has 4 aromatic rings. The predicted octanol–water partition coefficient (Wildman–Crippen LogP) is 8.12. The fraction of sp³-hybridized carbons (Fsp3) is 0.161. The quantitative estimate of drug-likeness (QED) is 0.219. The maximum atomic E-state index is 15.1. The number of aryl methyl sites for hydroxylation is 2. The number of hydrogen-bond acceptors (Lipinski definition) is 0. The number of benzene rings is 4.